The summed E-state index contributed by atoms with van der Waals surface area (Å²) in [5.41, 5.74) is 5.89. The number of nitrogens with two attached hydrogens (primary N) is 1. The molecule has 0 unspecified atom stereocenters. The average Bonchev–Trinajstić information content (AvgIpc) is 3.36. The maximum Gasteiger partial charge on any atom is 0.414 e. The van der Waals surface area contributed by atoms with Crippen LogP contribution in [0.5, 0.6) is 11.5 Å². The number of likely N-dealkylation sites (N-methyl/N-ethyl adjacent to an activating group) is 1. The molecule has 2 amide bonds. The molecule has 0 aromatic heterocycles. The zero-order valence-corrected chi connectivity index (χ0v) is 27.3. The Bertz CT molecular complexity index is 1370. The van der Waals surface area contributed by atoms with E-state index in [1.54, 1.807) is 21.2 Å². The molecule has 13 heteroatoms. The highest BCUT2D eigenvalue weighted by Crippen LogP contribution is 2.65. The maximum absolute atomic E-state index is 13.5. The van der Waals surface area contributed by atoms with Crippen molar-refractivity contribution in [1.82, 2.24) is 25.8 Å². The number of benzene rings is 1. The lowest BCUT2D eigenvalue weighted by Crippen LogP contribution is -2.74. The van der Waals surface area contributed by atoms with Crippen molar-refractivity contribution in [3.8, 4) is 11.5 Å². The number of nitrogens with zero attached hydrogens (tertiary/aromatic N) is 2. The molecule has 13 nitrogen and oxygen atoms in total. The highest BCUT2D eigenvalue weighted by Gasteiger charge is 2.72. The molecule has 1 aromatic carbocycles. The number of rotatable bonds is 11. The van der Waals surface area contributed by atoms with E-state index < -0.39 is 34.7 Å². The normalized spacial score (nSPS) is 26.9. The van der Waals surface area contributed by atoms with Gasteiger partial charge >= 0.3 is 6.09 Å². The first-order chi connectivity index (χ1) is 21.3. The Morgan fingerprint density at radius 1 is 1.33 bits per heavy atom. The Labute approximate surface area is 265 Å². The summed E-state index contributed by atoms with van der Waals surface area (Å²) in [7, 11) is 6.99. The summed E-state index contributed by atoms with van der Waals surface area (Å²) in [5, 5.41) is 28.4. The third-order valence-corrected chi connectivity index (χ3v) is 10.1. The fraction of sp³-hybridized carbons (Fsp3) is 0.656. The SMILES string of the molecule is CNC(=N)NCCC[C@H](N)C(=O)NCC(C)(C)CN(C)C(=O)OC1=CC[C@@]2(O)[C@H]3Cc4ccc(OC)c5c4[C@@]2(CCN3C)[C@H]1O5. The number of methoxy groups -OCH3 is 1. The largest absolute Gasteiger partial charge is 0.493 e. The first-order valence-electron chi connectivity index (χ1n) is 15.7. The second-order valence-corrected chi connectivity index (χ2v) is 13.7. The van der Waals surface area contributed by atoms with Crippen LogP contribution in [-0.2, 0) is 21.4 Å². The van der Waals surface area contributed by atoms with Crippen molar-refractivity contribution in [2.24, 2.45) is 11.1 Å². The van der Waals surface area contributed by atoms with Gasteiger partial charge < -0.3 is 50.8 Å². The first-order valence-corrected chi connectivity index (χ1v) is 15.7. The summed E-state index contributed by atoms with van der Waals surface area (Å²) in [5.74, 6) is 1.60. The van der Waals surface area contributed by atoms with Crippen LogP contribution in [0.25, 0.3) is 0 Å². The monoisotopic (exact) mass is 627 g/mol. The van der Waals surface area contributed by atoms with Gasteiger partial charge in [-0.05, 0) is 62.4 Å². The highest BCUT2D eigenvalue weighted by molar-refractivity contribution is 5.81. The summed E-state index contributed by atoms with van der Waals surface area (Å²) in [6.07, 6.45) is 3.44. The fourth-order valence-corrected chi connectivity index (χ4v) is 7.74. The van der Waals surface area contributed by atoms with Gasteiger partial charge in [0.2, 0.25) is 5.91 Å². The van der Waals surface area contributed by atoms with Gasteiger partial charge in [0.1, 0.15) is 5.76 Å². The molecule has 2 heterocycles. The van der Waals surface area contributed by atoms with Gasteiger partial charge in [0, 0.05) is 51.8 Å². The number of carbonyl (C=O) groups excluding carboxylic acids is 2. The minimum absolute atomic E-state index is 0.0888. The lowest BCUT2D eigenvalue weighted by Gasteiger charge is -2.61. The summed E-state index contributed by atoms with van der Waals surface area (Å²) >= 11 is 0. The first kappa shape index (κ1) is 32.8. The maximum atomic E-state index is 13.5. The second-order valence-electron chi connectivity index (χ2n) is 13.7. The van der Waals surface area contributed by atoms with E-state index in [4.69, 9.17) is 25.4 Å². The number of amides is 2. The molecular formula is C32H49N7O6. The lowest BCUT2D eigenvalue weighted by molar-refractivity contribution is -0.163. The van der Waals surface area contributed by atoms with Crippen LogP contribution in [0.1, 0.15) is 50.7 Å². The average molecular weight is 628 g/mol. The highest BCUT2D eigenvalue weighted by atomic mass is 16.6. The van der Waals surface area contributed by atoms with Gasteiger partial charge in [-0.1, -0.05) is 19.9 Å². The van der Waals surface area contributed by atoms with Crippen LogP contribution in [0, 0.1) is 10.8 Å². The molecule has 5 atom stereocenters. The molecule has 1 aromatic rings. The van der Waals surface area contributed by atoms with E-state index in [-0.39, 0.29) is 17.9 Å². The number of piperidine rings is 1. The smallest absolute Gasteiger partial charge is 0.414 e. The summed E-state index contributed by atoms with van der Waals surface area (Å²) < 4.78 is 18.3. The Morgan fingerprint density at radius 2 is 2.09 bits per heavy atom. The molecule has 0 saturated carbocycles. The van der Waals surface area contributed by atoms with Crippen molar-refractivity contribution in [3.05, 3.63) is 35.1 Å². The summed E-state index contributed by atoms with van der Waals surface area (Å²) in [6.45, 7) is 5.87. The van der Waals surface area contributed by atoms with Crippen LogP contribution in [0.2, 0.25) is 0 Å². The molecule has 248 valence electrons. The fourth-order valence-electron chi connectivity index (χ4n) is 7.74. The van der Waals surface area contributed by atoms with Crippen LogP contribution >= 0.6 is 0 Å². The summed E-state index contributed by atoms with van der Waals surface area (Å²) in [6, 6.07) is 3.22. The Morgan fingerprint density at radius 3 is 2.80 bits per heavy atom. The van der Waals surface area contributed by atoms with Gasteiger partial charge in [0.25, 0.3) is 0 Å². The Balaban J connectivity index is 1.23. The van der Waals surface area contributed by atoms with Crippen molar-refractivity contribution in [1.29, 1.82) is 5.41 Å². The molecule has 4 aliphatic rings. The van der Waals surface area contributed by atoms with Crippen molar-refractivity contribution >= 4 is 18.0 Å². The van der Waals surface area contributed by atoms with E-state index in [0.29, 0.717) is 69.0 Å². The number of nitrogens with one attached hydrogen (secondary N) is 4. The minimum atomic E-state index is -1.08. The third-order valence-electron chi connectivity index (χ3n) is 10.1. The van der Waals surface area contributed by atoms with Gasteiger partial charge in [-0.3, -0.25) is 10.2 Å². The molecule has 45 heavy (non-hydrogen) atoms. The predicted octanol–water partition coefficient (Wildman–Crippen LogP) is 1.03. The number of hydrogen-bond donors (Lipinski definition) is 6. The van der Waals surface area contributed by atoms with Gasteiger partial charge in [-0.15, -0.1) is 0 Å². The van der Waals surface area contributed by atoms with Gasteiger partial charge in [0.15, 0.2) is 23.6 Å². The molecule has 2 bridgehead atoms. The number of aliphatic hydroxyl groups is 1. The van der Waals surface area contributed by atoms with E-state index in [2.05, 4.69) is 34.0 Å². The Hall–Kier alpha value is -3.55. The van der Waals surface area contributed by atoms with Crippen LogP contribution in [0.4, 0.5) is 4.79 Å². The van der Waals surface area contributed by atoms with Crippen molar-refractivity contribution in [3.63, 3.8) is 0 Å². The summed E-state index contributed by atoms with van der Waals surface area (Å²) in [4.78, 5) is 29.8. The topological polar surface area (TPSA) is 174 Å². The standard InChI is InChI=1S/C32H49N7O6/c1-30(2,17-37-27(40)20(33)8-7-14-36-28(34)35-3)18-39(5)29(41)44-22-11-12-32(42)23-16-19-9-10-21(43-6)25-24(19)31(32,26(22)45-25)13-15-38(23)4/h9-11,20,23,26,42H,7-8,12-18,33H2,1-6H3,(H,37,40)(H3,34,35,36)/t20-,23+,26-,31-,32+/m0/s1. The molecular weight excluding hydrogens is 578 g/mol. The van der Waals surface area contributed by atoms with Crippen LogP contribution in [0.3, 0.4) is 0 Å². The lowest BCUT2D eigenvalue weighted by atomic mass is 9.50. The van der Waals surface area contributed by atoms with Crippen LogP contribution in [0.15, 0.2) is 24.0 Å². The minimum Gasteiger partial charge on any atom is -0.493 e. The second kappa shape index (κ2) is 12.3. The predicted molar refractivity (Wildman–Crippen MR) is 169 cm³/mol. The van der Waals surface area contributed by atoms with Gasteiger partial charge in [-0.2, -0.15) is 0 Å². The number of ether oxygens (including phenoxy) is 3. The molecule has 0 radical (unpaired) electrons. The van der Waals surface area contributed by atoms with E-state index in [9.17, 15) is 14.7 Å². The number of carbonyl (C=O) groups is 2. The quantitative estimate of drug-likeness (QED) is 0.118. The van der Waals surface area contributed by atoms with E-state index in [1.807, 2.05) is 26.0 Å². The van der Waals surface area contributed by atoms with Crippen molar-refractivity contribution < 1.29 is 28.9 Å². The Kier molecular flexibility index (Phi) is 9.00. The van der Waals surface area contributed by atoms with E-state index in [0.717, 1.165) is 17.7 Å². The van der Waals surface area contributed by atoms with Crippen molar-refractivity contribution in [2.75, 3.05) is 54.4 Å². The molecule has 1 fully saturated rings. The number of guanidine groups is 1. The molecule has 2 aliphatic heterocycles. The molecule has 1 spiro atoms. The van der Waals surface area contributed by atoms with Crippen LogP contribution < -0.4 is 31.2 Å². The van der Waals surface area contributed by atoms with E-state index >= 15 is 0 Å². The molecule has 7 N–H and O–H groups in total. The van der Waals surface area contributed by atoms with Gasteiger partial charge in [-0.25, -0.2) is 4.79 Å². The molecule has 1 saturated heterocycles. The molecule has 5 rings (SSSR count). The van der Waals surface area contributed by atoms with Crippen LogP contribution in [-0.4, -0.2) is 111 Å². The van der Waals surface area contributed by atoms with Crippen molar-refractivity contribution in [2.45, 2.75) is 75.2 Å². The zero-order valence-electron chi connectivity index (χ0n) is 27.3. The molecule has 2 aliphatic carbocycles. The van der Waals surface area contributed by atoms with E-state index in [1.165, 1.54) is 4.90 Å². The number of likely N-dealkylation sites (tertiary alicyclic amines) is 1. The zero-order chi connectivity index (χ0) is 32.7. The van der Waals surface area contributed by atoms with Gasteiger partial charge in [0.05, 0.1) is 24.2 Å². The third kappa shape index (κ3) is 5.70. The number of hydrogen-bond acceptors (Lipinski definition) is 9.